The largest absolute Gasteiger partial charge is 0.493 e. The zero-order chi connectivity index (χ0) is 21.7. The van der Waals surface area contributed by atoms with E-state index in [0.717, 1.165) is 55.3 Å². The average molecular weight is 451 g/mol. The molecule has 1 aliphatic heterocycles. The van der Waals surface area contributed by atoms with Crippen molar-refractivity contribution in [3.05, 3.63) is 42.0 Å². The van der Waals surface area contributed by atoms with Crippen molar-refractivity contribution in [3.63, 3.8) is 0 Å². The minimum Gasteiger partial charge on any atom is -0.493 e. The zero-order valence-electron chi connectivity index (χ0n) is 17.8. The Kier molecular flexibility index (Phi) is 7.55. The van der Waals surface area contributed by atoms with Crippen molar-refractivity contribution in [2.75, 3.05) is 45.8 Å². The lowest BCUT2D eigenvalue weighted by Crippen LogP contribution is -2.36. The third-order valence-corrected chi connectivity index (χ3v) is 7.94. The van der Waals surface area contributed by atoms with Gasteiger partial charge in [-0.25, -0.2) is 8.42 Å². The highest BCUT2D eigenvalue weighted by Gasteiger charge is 2.21. The molecule has 0 amide bonds. The van der Waals surface area contributed by atoms with E-state index in [9.17, 15) is 8.42 Å². The SMILES string of the molecule is COc1ccc(CCN2CCC(Sc3ccc(S(C)(=O)=O)cc3N)CC2)cc1OC. The number of thioether (sulfide) groups is 1. The van der Waals surface area contributed by atoms with Crippen LogP contribution in [0.1, 0.15) is 18.4 Å². The summed E-state index contributed by atoms with van der Waals surface area (Å²) in [5.74, 6) is 1.52. The number of nitrogens with two attached hydrogens (primary N) is 1. The monoisotopic (exact) mass is 450 g/mol. The normalized spacial score (nSPS) is 15.8. The summed E-state index contributed by atoms with van der Waals surface area (Å²) in [7, 11) is 0.0735. The van der Waals surface area contributed by atoms with Crippen LogP contribution in [0.15, 0.2) is 46.2 Å². The number of nitrogen functional groups attached to an aromatic ring is 1. The number of likely N-dealkylation sites (tertiary alicyclic amines) is 1. The summed E-state index contributed by atoms with van der Waals surface area (Å²) < 4.78 is 34.0. The molecule has 1 fully saturated rings. The third kappa shape index (κ3) is 5.83. The first-order chi connectivity index (χ1) is 14.3. The van der Waals surface area contributed by atoms with Crippen LogP contribution in [0.5, 0.6) is 11.5 Å². The van der Waals surface area contributed by atoms with Crippen LogP contribution in [0.25, 0.3) is 0 Å². The highest BCUT2D eigenvalue weighted by Crippen LogP contribution is 2.35. The van der Waals surface area contributed by atoms with Gasteiger partial charge in [0.15, 0.2) is 21.3 Å². The third-order valence-electron chi connectivity index (χ3n) is 5.40. The molecule has 8 heteroatoms. The first-order valence-electron chi connectivity index (χ1n) is 9.99. The standard InChI is InChI=1S/C22H30N2O4S2/c1-27-20-6-4-16(14-21(20)28-2)8-11-24-12-9-17(10-13-24)29-22-7-5-18(15-19(22)23)30(3,25)26/h4-7,14-15,17H,8-13,23H2,1-3H3. The molecular formula is C22H30N2O4S2. The van der Waals surface area contributed by atoms with Gasteiger partial charge in [0.1, 0.15) is 0 Å². The quantitative estimate of drug-likeness (QED) is 0.617. The molecule has 1 heterocycles. The summed E-state index contributed by atoms with van der Waals surface area (Å²) in [4.78, 5) is 3.73. The predicted molar refractivity (Wildman–Crippen MR) is 123 cm³/mol. The van der Waals surface area contributed by atoms with E-state index in [1.54, 1.807) is 38.1 Å². The zero-order valence-corrected chi connectivity index (χ0v) is 19.4. The average Bonchev–Trinajstić information content (AvgIpc) is 2.73. The van der Waals surface area contributed by atoms with Crippen LogP contribution in [0, 0.1) is 0 Å². The predicted octanol–water partition coefficient (Wildman–Crippen LogP) is 3.49. The molecule has 3 rings (SSSR count). The van der Waals surface area contributed by atoms with Crippen molar-refractivity contribution >= 4 is 27.3 Å². The Bertz CT molecular complexity index is 971. The molecular weight excluding hydrogens is 420 g/mol. The Labute approximate surface area is 183 Å². The highest BCUT2D eigenvalue weighted by atomic mass is 32.2. The molecule has 1 aliphatic rings. The van der Waals surface area contributed by atoms with Crippen molar-refractivity contribution < 1.29 is 17.9 Å². The molecule has 0 aromatic heterocycles. The Morgan fingerprint density at radius 1 is 1.07 bits per heavy atom. The van der Waals surface area contributed by atoms with Gasteiger partial charge in [0.05, 0.1) is 19.1 Å². The number of benzene rings is 2. The van der Waals surface area contributed by atoms with E-state index >= 15 is 0 Å². The number of ether oxygens (including phenoxy) is 2. The second-order valence-electron chi connectivity index (χ2n) is 7.57. The van der Waals surface area contributed by atoms with Gasteiger partial charge in [-0.05, 0) is 68.2 Å². The molecule has 1 saturated heterocycles. The number of sulfone groups is 1. The molecule has 0 atom stereocenters. The van der Waals surface area contributed by atoms with Crippen molar-refractivity contribution in [2.24, 2.45) is 0 Å². The summed E-state index contributed by atoms with van der Waals surface area (Å²) in [6.45, 7) is 3.11. The van der Waals surface area contributed by atoms with Gasteiger partial charge in [0.25, 0.3) is 0 Å². The number of hydrogen-bond donors (Lipinski definition) is 1. The van der Waals surface area contributed by atoms with Gasteiger partial charge in [0.2, 0.25) is 0 Å². The Morgan fingerprint density at radius 3 is 2.37 bits per heavy atom. The number of piperidine rings is 1. The lowest BCUT2D eigenvalue weighted by atomic mass is 10.1. The number of methoxy groups -OCH3 is 2. The number of nitrogens with zero attached hydrogens (tertiary/aromatic N) is 1. The number of hydrogen-bond acceptors (Lipinski definition) is 7. The van der Waals surface area contributed by atoms with Gasteiger partial charge in [-0.1, -0.05) is 6.07 Å². The van der Waals surface area contributed by atoms with Crippen LogP contribution in [0.2, 0.25) is 0 Å². The molecule has 0 unspecified atom stereocenters. The van der Waals surface area contributed by atoms with E-state index in [1.807, 2.05) is 18.2 Å². The van der Waals surface area contributed by atoms with E-state index in [4.69, 9.17) is 15.2 Å². The highest BCUT2D eigenvalue weighted by molar-refractivity contribution is 8.00. The summed E-state index contributed by atoms with van der Waals surface area (Å²) in [5, 5.41) is 0.494. The fourth-order valence-corrected chi connectivity index (χ4v) is 5.42. The van der Waals surface area contributed by atoms with Crippen LogP contribution in [-0.2, 0) is 16.3 Å². The van der Waals surface area contributed by atoms with E-state index in [1.165, 1.54) is 11.8 Å². The minimum atomic E-state index is -3.23. The summed E-state index contributed by atoms with van der Waals surface area (Å²) in [6.07, 6.45) is 4.35. The first-order valence-corrected chi connectivity index (χ1v) is 12.8. The lowest BCUT2D eigenvalue weighted by molar-refractivity contribution is 0.235. The van der Waals surface area contributed by atoms with Crippen LogP contribution < -0.4 is 15.2 Å². The summed E-state index contributed by atoms with van der Waals surface area (Å²) in [6, 6.07) is 11.1. The van der Waals surface area contributed by atoms with E-state index in [2.05, 4.69) is 11.0 Å². The molecule has 30 heavy (non-hydrogen) atoms. The van der Waals surface area contributed by atoms with Crippen molar-refractivity contribution in [3.8, 4) is 11.5 Å². The second kappa shape index (κ2) is 9.94. The molecule has 0 bridgehead atoms. The van der Waals surface area contributed by atoms with E-state index in [0.29, 0.717) is 10.9 Å². The topological polar surface area (TPSA) is 81.9 Å². The van der Waals surface area contributed by atoms with Gasteiger partial charge >= 0.3 is 0 Å². The van der Waals surface area contributed by atoms with Gasteiger partial charge in [-0.3, -0.25) is 0 Å². The fraction of sp³-hybridized carbons (Fsp3) is 0.455. The number of anilines is 1. The molecule has 0 spiro atoms. The maximum Gasteiger partial charge on any atom is 0.175 e. The molecule has 0 aliphatic carbocycles. The van der Waals surface area contributed by atoms with Crippen LogP contribution in [0.4, 0.5) is 5.69 Å². The molecule has 0 saturated carbocycles. The van der Waals surface area contributed by atoms with Crippen molar-refractivity contribution in [1.29, 1.82) is 0 Å². The molecule has 2 aromatic rings. The van der Waals surface area contributed by atoms with Gasteiger partial charge < -0.3 is 20.1 Å². The van der Waals surface area contributed by atoms with E-state index < -0.39 is 9.84 Å². The molecule has 6 nitrogen and oxygen atoms in total. The lowest BCUT2D eigenvalue weighted by Gasteiger charge is -2.31. The first kappa shape index (κ1) is 22.8. The molecule has 2 aromatic carbocycles. The van der Waals surface area contributed by atoms with Crippen molar-refractivity contribution in [1.82, 2.24) is 4.90 Å². The summed E-state index contributed by atoms with van der Waals surface area (Å²) in [5.41, 5.74) is 7.88. The molecule has 2 N–H and O–H groups in total. The van der Waals surface area contributed by atoms with E-state index in [-0.39, 0.29) is 4.90 Å². The van der Waals surface area contributed by atoms with Crippen LogP contribution in [-0.4, -0.2) is 58.7 Å². The summed E-state index contributed by atoms with van der Waals surface area (Å²) >= 11 is 1.76. The fourth-order valence-electron chi connectivity index (χ4n) is 3.62. The molecule has 0 radical (unpaired) electrons. The second-order valence-corrected chi connectivity index (χ2v) is 10.9. The Morgan fingerprint density at radius 2 is 1.77 bits per heavy atom. The maximum atomic E-state index is 11.7. The Balaban J connectivity index is 1.49. The molecule has 164 valence electrons. The van der Waals surface area contributed by atoms with Gasteiger partial charge in [0, 0.05) is 28.6 Å². The number of rotatable bonds is 8. The Hall–Kier alpha value is -1.90. The smallest absolute Gasteiger partial charge is 0.175 e. The van der Waals surface area contributed by atoms with Gasteiger partial charge in [-0.15, -0.1) is 11.8 Å². The van der Waals surface area contributed by atoms with Gasteiger partial charge in [-0.2, -0.15) is 0 Å². The minimum absolute atomic E-state index is 0.273. The van der Waals surface area contributed by atoms with Crippen LogP contribution >= 0.6 is 11.8 Å². The van der Waals surface area contributed by atoms with Crippen molar-refractivity contribution in [2.45, 2.75) is 34.3 Å². The van der Waals surface area contributed by atoms with Crippen LogP contribution in [0.3, 0.4) is 0 Å². The maximum absolute atomic E-state index is 11.7.